The van der Waals surface area contributed by atoms with Crippen molar-refractivity contribution in [1.29, 1.82) is 0 Å². The van der Waals surface area contributed by atoms with E-state index in [0.29, 0.717) is 0 Å². The normalized spacial score (nSPS) is 18.6. The SMILES string of the molecule is O=P([O-])(O)OO.O=P([O-])(O)OO.O=P([O-])(O)OO.O=P([O-])(O)OO.O=P([O-])(O)OO.[Al+3].[Ca+2]. The maximum atomic E-state index is 9.11. The Balaban J connectivity index is -0.0000000481. The molecule has 0 saturated carbocycles. The fourth-order valence-electron chi connectivity index (χ4n) is 0. The Kier molecular flexibility index (Phi) is 39.5. The van der Waals surface area contributed by atoms with E-state index >= 15 is 0 Å². The van der Waals surface area contributed by atoms with E-state index < -0.39 is 39.1 Å². The molecule has 0 aromatic heterocycles. The maximum absolute atomic E-state index is 9.11. The van der Waals surface area contributed by atoms with Crippen LogP contribution in [0.2, 0.25) is 0 Å². The summed E-state index contributed by atoms with van der Waals surface area (Å²) in [7, 11) is -24.2. The van der Waals surface area contributed by atoms with Gasteiger partial charge in [-0.2, -0.15) is 23.4 Å². The average Bonchev–Trinajstić information content (AvgIpc) is 2.54. The van der Waals surface area contributed by atoms with Crippen LogP contribution >= 0.6 is 39.1 Å². The molecule has 0 aliphatic rings. The molecule has 32 heavy (non-hydrogen) atoms. The van der Waals surface area contributed by atoms with Gasteiger partial charge in [0, 0.05) is 0 Å². The van der Waals surface area contributed by atoms with Crippen LogP contribution in [0.5, 0.6) is 0 Å². The summed E-state index contributed by atoms with van der Waals surface area (Å²) in [6.45, 7) is 0. The van der Waals surface area contributed by atoms with E-state index in [4.69, 9.17) is 98.0 Å². The quantitative estimate of drug-likeness (QED) is 0.0583. The number of hydrogen-bond donors (Lipinski definition) is 10. The first-order valence-electron chi connectivity index (χ1n) is 4.65. The van der Waals surface area contributed by atoms with Gasteiger partial charge in [-0.1, -0.05) is 0 Å². The smallest absolute Gasteiger partial charge is 0.755 e. The Morgan fingerprint density at radius 1 is 0.406 bits per heavy atom. The molecule has 0 spiro atoms. The summed E-state index contributed by atoms with van der Waals surface area (Å²) in [6, 6.07) is 0. The number of rotatable bonds is 5. The zero-order valence-electron chi connectivity index (χ0n) is 14.1. The summed E-state index contributed by atoms with van der Waals surface area (Å²) in [5.74, 6) is 0. The molecule has 32 heteroatoms. The van der Waals surface area contributed by atoms with E-state index in [9.17, 15) is 0 Å². The molecule has 0 fully saturated rings. The molecule has 5 atom stereocenters. The molecule has 0 aromatic rings. The fraction of sp³-hybridized carbons (Fsp3) is 0. The van der Waals surface area contributed by atoms with Crippen molar-refractivity contribution < 1.29 is 121 Å². The molecule has 0 amide bonds. The largest absolute Gasteiger partial charge is 3.00 e. The number of hydrogen-bond acceptors (Lipinski definition) is 20. The molecule has 0 radical (unpaired) electrons. The second kappa shape index (κ2) is 24.8. The molecule has 0 heterocycles. The zero-order valence-corrected chi connectivity index (χ0v) is 22.0. The second-order valence-corrected chi connectivity index (χ2v) is 8.25. The Morgan fingerprint density at radius 3 is 0.438 bits per heavy atom. The van der Waals surface area contributed by atoms with Crippen LogP contribution < -0.4 is 24.5 Å². The van der Waals surface area contributed by atoms with Gasteiger partial charge in [0.05, 0.1) is 0 Å². The predicted octanol–water partition coefficient (Wildman–Crippen LogP) is -6.08. The van der Waals surface area contributed by atoms with Gasteiger partial charge < -0.3 is 48.9 Å². The van der Waals surface area contributed by atoms with Crippen molar-refractivity contribution in [2.75, 3.05) is 0 Å². The van der Waals surface area contributed by atoms with Gasteiger partial charge in [-0.15, -0.1) is 0 Å². The van der Waals surface area contributed by atoms with Crippen LogP contribution in [-0.2, 0) is 46.2 Å². The summed E-state index contributed by atoms with van der Waals surface area (Å²) in [6.07, 6.45) is 0. The fourth-order valence-corrected chi connectivity index (χ4v) is 0. The van der Waals surface area contributed by atoms with Crippen molar-refractivity contribution in [3.63, 3.8) is 0 Å². The van der Waals surface area contributed by atoms with Crippen molar-refractivity contribution in [3.05, 3.63) is 0 Å². The van der Waals surface area contributed by atoms with Crippen LogP contribution in [0.1, 0.15) is 0 Å². The molecule has 5 unspecified atom stereocenters. The minimum absolute atomic E-state index is 0. The molecule has 0 aliphatic carbocycles. The van der Waals surface area contributed by atoms with Crippen LogP contribution in [0.3, 0.4) is 0 Å². The van der Waals surface area contributed by atoms with Crippen LogP contribution in [-0.4, -0.2) is 106 Å². The molecule has 10 N–H and O–H groups in total. The molecule has 0 aliphatic heterocycles. The van der Waals surface area contributed by atoms with E-state index in [1.165, 1.54) is 0 Å². The molecule has 25 nitrogen and oxygen atoms in total. The summed E-state index contributed by atoms with van der Waals surface area (Å²) in [5, 5.41) is 35.4. The minimum atomic E-state index is -4.84. The van der Waals surface area contributed by atoms with Gasteiger partial charge in [0.1, 0.15) is 0 Å². The standard InChI is InChI=1S/Al.Ca.5H3O5P/c;;5*1-5-6(2,3)4/h;;5*1H,(H2,2,3,4)/q+3;+2;;;;;/p-5. The second-order valence-electron chi connectivity index (χ2n) is 2.75. The van der Waals surface area contributed by atoms with E-state index in [0.717, 1.165) is 0 Å². The van der Waals surface area contributed by atoms with Crippen LogP contribution in [0.15, 0.2) is 0 Å². The monoisotopic (exact) mass is 632 g/mol. The van der Waals surface area contributed by atoms with Crippen molar-refractivity contribution >= 4 is 94.2 Å². The topological polar surface area (TPSA) is 449 Å². The molecule has 0 rings (SSSR count). The first kappa shape index (κ1) is 50.9. The Morgan fingerprint density at radius 2 is 0.438 bits per heavy atom. The van der Waals surface area contributed by atoms with Crippen LogP contribution in [0.25, 0.3) is 0 Å². The van der Waals surface area contributed by atoms with Crippen molar-refractivity contribution in [3.8, 4) is 0 Å². The Hall–Kier alpha value is 2.14. The van der Waals surface area contributed by atoms with Gasteiger partial charge in [-0.25, -0.2) is 26.3 Å². The third kappa shape index (κ3) is 106. The van der Waals surface area contributed by atoms with Crippen LogP contribution in [0, 0.1) is 0 Å². The summed E-state index contributed by atoms with van der Waals surface area (Å²) >= 11 is 0. The Labute approximate surface area is 214 Å². The third-order valence-corrected chi connectivity index (χ3v) is 1.55. The molecule has 0 aromatic carbocycles. The van der Waals surface area contributed by atoms with Gasteiger partial charge in [-0.05, 0) is 0 Å². The first-order chi connectivity index (χ1) is 12.8. The van der Waals surface area contributed by atoms with Gasteiger partial charge in [0.2, 0.25) is 0 Å². The zero-order chi connectivity index (χ0) is 26.0. The van der Waals surface area contributed by atoms with Gasteiger partial charge >= 0.3 is 55.1 Å². The van der Waals surface area contributed by atoms with Gasteiger partial charge in [-0.3, -0.25) is 22.8 Å². The van der Waals surface area contributed by atoms with Crippen molar-refractivity contribution in [2.24, 2.45) is 0 Å². The van der Waals surface area contributed by atoms with E-state index in [1.54, 1.807) is 0 Å². The summed E-state index contributed by atoms with van der Waals surface area (Å²) in [4.78, 5) is 82.3. The van der Waals surface area contributed by atoms with E-state index in [2.05, 4.69) is 23.4 Å². The molecule has 190 valence electrons. The maximum Gasteiger partial charge on any atom is 3.00 e. The van der Waals surface area contributed by atoms with Gasteiger partial charge in [0.25, 0.3) is 39.1 Å². The van der Waals surface area contributed by atoms with Crippen molar-refractivity contribution in [2.45, 2.75) is 0 Å². The predicted molar refractivity (Wildman–Crippen MR) is 79.2 cm³/mol. The molecule has 0 bridgehead atoms. The molecule has 0 saturated heterocycles. The first-order valence-corrected chi connectivity index (χ1v) is 12.1. The molecular formula is H10AlCaO25P5. The minimum Gasteiger partial charge on any atom is -0.755 e. The van der Waals surface area contributed by atoms with Crippen LogP contribution in [0.4, 0.5) is 0 Å². The summed E-state index contributed by atoms with van der Waals surface area (Å²) in [5.41, 5.74) is 0. The molecular weight excluding hydrogens is 622 g/mol. The van der Waals surface area contributed by atoms with E-state index in [1.807, 2.05) is 0 Å². The summed E-state index contributed by atoms with van der Waals surface area (Å²) < 4.78 is 58.0. The Bertz CT molecular complexity index is 481. The number of phosphoric acid groups is 5. The van der Waals surface area contributed by atoms with E-state index in [-0.39, 0.29) is 55.1 Å². The van der Waals surface area contributed by atoms with Crippen molar-refractivity contribution in [1.82, 2.24) is 0 Å². The average molecular weight is 632 g/mol. The van der Waals surface area contributed by atoms with Gasteiger partial charge in [0.15, 0.2) is 0 Å². The third-order valence-electron chi connectivity index (χ3n) is 0.516.